The molecule has 0 heterocycles. The van der Waals surface area contributed by atoms with Crippen LogP contribution in [-0.4, -0.2) is 13.0 Å². The highest BCUT2D eigenvalue weighted by Gasteiger charge is 2.16. The first-order chi connectivity index (χ1) is 10.6. The van der Waals surface area contributed by atoms with Crippen LogP contribution in [0.15, 0.2) is 42.5 Å². The van der Waals surface area contributed by atoms with Crippen molar-refractivity contribution < 1.29 is 9.53 Å². The molecule has 0 saturated heterocycles. The van der Waals surface area contributed by atoms with E-state index in [9.17, 15) is 4.79 Å². The third-order valence-electron chi connectivity index (χ3n) is 3.76. The summed E-state index contributed by atoms with van der Waals surface area (Å²) in [6.45, 7) is 4.27. The molecular formula is C18H20ClNO2. The number of para-hydroxylation sites is 1. The Labute approximate surface area is 136 Å². The summed E-state index contributed by atoms with van der Waals surface area (Å²) in [5.74, 6) is 0.649. The van der Waals surface area contributed by atoms with Crippen LogP contribution < -0.4 is 10.1 Å². The van der Waals surface area contributed by atoms with Gasteiger partial charge in [-0.05, 0) is 42.2 Å². The summed E-state index contributed by atoms with van der Waals surface area (Å²) in [5, 5.41) is 3.47. The molecule has 0 aliphatic rings. The smallest absolute Gasteiger partial charge is 0.259 e. The zero-order chi connectivity index (χ0) is 16.1. The number of rotatable bonds is 5. The van der Waals surface area contributed by atoms with E-state index in [0.29, 0.717) is 22.3 Å². The monoisotopic (exact) mass is 317 g/mol. The lowest BCUT2D eigenvalue weighted by Gasteiger charge is -2.16. The van der Waals surface area contributed by atoms with E-state index in [1.54, 1.807) is 18.2 Å². The highest BCUT2D eigenvalue weighted by atomic mass is 35.5. The van der Waals surface area contributed by atoms with Crippen LogP contribution in [0.4, 0.5) is 5.69 Å². The summed E-state index contributed by atoms with van der Waals surface area (Å²) in [4.78, 5) is 12.6. The standard InChI is InChI=1S/C18H20ClNO2/c1-4-12(2)14-7-5-6-8-16(14)20-18(21)15-11-13(19)9-10-17(15)22-3/h5-12H,4H2,1-3H3,(H,20,21)/t12-/m1/s1. The first kappa shape index (κ1) is 16.4. The van der Waals surface area contributed by atoms with Crippen molar-refractivity contribution in [2.45, 2.75) is 26.2 Å². The van der Waals surface area contributed by atoms with E-state index in [0.717, 1.165) is 17.7 Å². The molecule has 0 bridgehead atoms. The van der Waals surface area contributed by atoms with Gasteiger partial charge in [0.2, 0.25) is 0 Å². The van der Waals surface area contributed by atoms with Crippen molar-refractivity contribution in [3.63, 3.8) is 0 Å². The van der Waals surface area contributed by atoms with Gasteiger partial charge in [0, 0.05) is 10.7 Å². The number of benzene rings is 2. The summed E-state index contributed by atoms with van der Waals surface area (Å²) in [6, 6.07) is 12.9. The quantitative estimate of drug-likeness (QED) is 0.831. The second-order valence-electron chi connectivity index (χ2n) is 5.20. The van der Waals surface area contributed by atoms with Crippen LogP contribution in [0.25, 0.3) is 0 Å². The number of amides is 1. The van der Waals surface area contributed by atoms with Crippen LogP contribution in [0.1, 0.15) is 42.1 Å². The lowest BCUT2D eigenvalue weighted by molar-refractivity contribution is 0.102. The lowest BCUT2D eigenvalue weighted by atomic mass is 9.96. The molecule has 1 N–H and O–H groups in total. The van der Waals surface area contributed by atoms with E-state index in [4.69, 9.17) is 16.3 Å². The first-order valence-electron chi connectivity index (χ1n) is 7.30. The number of hydrogen-bond donors (Lipinski definition) is 1. The molecule has 2 aromatic rings. The van der Waals surface area contributed by atoms with E-state index in [2.05, 4.69) is 19.2 Å². The van der Waals surface area contributed by atoms with Crippen LogP contribution in [0.5, 0.6) is 5.75 Å². The third-order valence-corrected chi connectivity index (χ3v) is 3.99. The van der Waals surface area contributed by atoms with Crippen molar-refractivity contribution in [3.05, 3.63) is 58.6 Å². The van der Waals surface area contributed by atoms with Crippen LogP contribution in [-0.2, 0) is 0 Å². The first-order valence-corrected chi connectivity index (χ1v) is 7.68. The van der Waals surface area contributed by atoms with Crippen molar-refractivity contribution >= 4 is 23.2 Å². The van der Waals surface area contributed by atoms with E-state index in [-0.39, 0.29) is 5.91 Å². The predicted molar refractivity (Wildman–Crippen MR) is 91.1 cm³/mol. The van der Waals surface area contributed by atoms with Gasteiger partial charge in [-0.1, -0.05) is 43.6 Å². The molecule has 22 heavy (non-hydrogen) atoms. The topological polar surface area (TPSA) is 38.3 Å². The normalized spacial score (nSPS) is 11.8. The molecule has 2 rings (SSSR count). The molecule has 0 aromatic heterocycles. The Hall–Kier alpha value is -2.00. The van der Waals surface area contributed by atoms with E-state index < -0.39 is 0 Å². The van der Waals surface area contributed by atoms with Crippen LogP contribution >= 0.6 is 11.6 Å². The number of methoxy groups -OCH3 is 1. The van der Waals surface area contributed by atoms with Gasteiger partial charge >= 0.3 is 0 Å². The molecular weight excluding hydrogens is 298 g/mol. The van der Waals surface area contributed by atoms with Gasteiger partial charge in [0.25, 0.3) is 5.91 Å². The molecule has 0 aliphatic carbocycles. The number of ether oxygens (including phenoxy) is 1. The Kier molecular flexibility index (Phi) is 5.45. The van der Waals surface area contributed by atoms with Crippen LogP contribution in [0.3, 0.4) is 0 Å². The molecule has 0 unspecified atom stereocenters. The Bertz CT molecular complexity index is 670. The predicted octanol–water partition coefficient (Wildman–Crippen LogP) is 5.11. The molecule has 3 nitrogen and oxygen atoms in total. The minimum atomic E-state index is -0.227. The zero-order valence-corrected chi connectivity index (χ0v) is 13.8. The molecule has 116 valence electrons. The molecule has 0 saturated carbocycles. The summed E-state index contributed by atoms with van der Waals surface area (Å²) in [6.07, 6.45) is 1.01. The highest BCUT2D eigenvalue weighted by Crippen LogP contribution is 2.28. The van der Waals surface area contributed by atoms with Crippen molar-refractivity contribution in [1.82, 2.24) is 0 Å². The fourth-order valence-corrected chi connectivity index (χ4v) is 2.48. The summed E-state index contributed by atoms with van der Waals surface area (Å²) >= 11 is 5.99. The van der Waals surface area contributed by atoms with Gasteiger partial charge in [0.1, 0.15) is 5.75 Å². The maximum Gasteiger partial charge on any atom is 0.259 e. The van der Waals surface area contributed by atoms with Crippen molar-refractivity contribution in [2.75, 3.05) is 12.4 Å². The molecule has 0 aliphatic heterocycles. The van der Waals surface area contributed by atoms with E-state index in [1.165, 1.54) is 7.11 Å². The fraction of sp³-hybridized carbons (Fsp3) is 0.278. The summed E-state index contributed by atoms with van der Waals surface area (Å²) < 4.78 is 5.24. The van der Waals surface area contributed by atoms with Gasteiger partial charge in [0.05, 0.1) is 12.7 Å². The molecule has 1 amide bonds. The maximum atomic E-state index is 12.6. The number of halogens is 1. The Morgan fingerprint density at radius 1 is 1.27 bits per heavy atom. The molecule has 0 fully saturated rings. The van der Waals surface area contributed by atoms with Crippen molar-refractivity contribution in [2.24, 2.45) is 0 Å². The number of anilines is 1. The highest BCUT2D eigenvalue weighted by molar-refractivity contribution is 6.31. The minimum absolute atomic E-state index is 0.227. The van der Waals surface area contributed by atoms with Gasteiger partial charge in [-0.3, -0.25) is 4.79 Å². The Balaban J connectivity index is 2.32. The van der Waals surface area contributed by atoms with Gasteiger partial charge < -0.3 is 10.1 Å². The fourth-order valence-electron chi connectivity index (χ4n) is 2.31. The van der Waals surface area contributed by atoms with Crippen molar-refractivity contribution in [3.8, 4) is 5.75 Å². The second-order valence-corrected chi connectivity index (χ2v) is 5.63. The van der Waals surface area contributed by atoms with Crippen LogP contribution in [0.2, 0.25) is 5.02 Å². The number of carbonyl (C=O) groups is 1. The SMILES string of the molecule is CC[C@@H](C)c1ccccc1NC(=O)c1cc(Cl)ccc1OC. The largest absolute Gasteiger partial charge is 0.496 e. The molecule has 0 radical (unpaired) electrons. The second kappa shape index (κ2) is 7.32. The summed E-state index contributed by atoms with van der Waals surface area (Å²) in [5.41, 5.74) is 2.37. The Morgan fingerprint density at radius 3 is 2.68 bits per heavy atom. The Morgan fingerprint density at radius 2 is 2.00 bits per heavy atom. The average molecular weight is 318 g/mol. The van der Waals surface area contributed by atoms with Gasteiger partial charge in [-0.25, -0.2) is 0 Å². The molecule has 2 aromatic carbocycles. The molecule has 1 atom stereocenters. The van der Waals surface area contributed by atoms with Gasteiger partial charge in [0.15, 0.2) is 0 Å². The number of nitrogens with one attached hydrogen (secondary N) is 1. The van der Waals surface area contributed by atoms with Crippen LogP contribution in [0, 0.1) is 0 Å². The van der Waals surface area contributed by atoms with Gasteiger partial charge in [-0.15, -0.1) is 0 Å². The van der Waals surface area contributed by atoms with E-state index in [1.807, 2.05) is 24.3 Å². The molecule has 4 heteroatoms. The van der Waals surface area contributed by atoms with E-state index >= 15 is 0 Å². The maximum absolute atomic E-state index is 12.6. The molecule has 0 spiro atoms. The van der Waals surface area contributed by atoms with Crippen molar-refractivity contribution in [1.29, 1.82) is 0 Å². The third kappa shape index (κ3) is 3.60. The van der Waals surface area contributed by atoms with Gasteiger partial charge in [-0.2, -0.15) is 0 Å². The number of carbonyl (C=O) groups excluding carboxylic acids is 1. The zero-order valence-electron chi connectivity index (χ0n) is 13.0. The summed E-state index contributed by atoms with van der Waals surface area (Å²) in [7, 11) is 1.53. The average Bonchev–Trinajstić information content (AvgIpc) is 2.54. The minimum Gasteiger partial charge on any atom is -0.496 e. The lowest BCUT2D eigenvalue weighted by Crippen LogP contribution is -2.15. The number of hydrogen-bond acceptors (Lipinski definition) is 2.